The Bertz CT molecular complexity index is 984. The van der Waals surface area contributed by atoms with Crippen LogP contribution in [-0.4, -0.2) is 15.9 Å². The third kappa shape index (κ3) is 4.27. The number of ether oxygens (including phenoxy) is 1. The molecule has 1 aromatic heterocycles. The lowest BCUT2D eigenvalue weighted by Gasteiger charge is -2.13. The van der Waals surface area contributed by atoms with E-state index in [1.54, 1.807) is 6.07 Å². The van der Waals surface area contributed by atoms with Gasteiger partial charge in [-0.3, -0.25) is 0 Å². The summed E-state index contributed by atoms with van der Waals surface area (Å²) in [6.45, 7) is -0.279. The van der Waals surface area contributed by atoms with Gasteiger partial charge in [0.15, 0.2) is 11.4 Å². The van der Waals surface area contributed by atoms with Crippen LogP contribution < -0.4 is 10.1 Å². The molecule has 1 N–H and O–H groups in total. The molecule has 28 heavy (non-hydrogen) atoms. The van der Waals surface area contributed by atoms with Crippen LogP contribution in [-0.2, 0) is 12.7 Å². The second kappa shape index (κ2) is 7.67. The first-order valence-corrected chi connectivity index (χ1v) is 7.86. The van der Waals surface area contributed by atoms with Crippen molar-refractivity contribution in [2.75, 3.05) is 0 Å². The molecular formula is C18H12F5N3O2. The number of amides is 1. The van der Waals surface area contributed by atoms with Gasteiger partial charge < -0.3 is 10.1 Å². The minimum Gasteiger partial charge on any atom is -0.406 e. The fourth-order valence-corrected chi connectivity index (χ4v) is 2.39. The number of hydrogen-bond acceptors (Lipinski definition) is 3. The molecule has 0 spiro atoms. The van der Waals surface area contributed by atoms with E-state index in [9.17, 15) is 26.7 Å². The molecule has 0 saturated heterocycles. The van der Waals surface area contributed by atoms with Crippen molar-refractivity contribution in [3.63, 3.8) is 0 Å². The third-order valence-electron chi connectivity index (χ3n) is 3.66. The summed E-state index contributed by atoms with van der Waals surface area (Å²) < 4.78 is 72.1. The van der Waals surface area contributed by atoms with Crippen LogP contribution in [0.5, 0.6) is 5.75 Å². The Labute approximate surface area is 155 Å². The van der Waals surface area contributed by atoms with Gasteiger partial charge in [-0.05, 0) is 30.3 Å². The SMILES string of the molecule is O=C(NCc1ccccc1F)Oc1cnn(-c2ccc(F)cc2)c1C(F)(F)F. The van der Waals surface area contributed by atoms with Crippen LogP contribution >= 0.6 is 0 Å². The second-order valence-corrected chi connectivity index (χ2v) is 5.58. The molecule has 2 aromatic carbocycles. The molecule has 1 heterocycles. The van der Waals surface area contributed by atoms with E-state index in [0.717, 1.165) is 30.5 Å². The van der Waals surface area contributed by atoms with Crippen LogP contribution in [0.25, 0.3) is 5.69 Å². The number of carbonyl (C=O) groups excluding carboxylic acids is 1. The summed E-state index contributed by atoms with van der Waals surface area (Å²) in [6, 6.07) is 9.72. The maximum absolute atomic E-state index is 13.5. The molecule has 0 aliphatic rings. The zero-order chi connectivity index (χ0) is 20.3. The summed E-state index contributed by atoms with van der Waals surface area (Å²) in [7, 11) is 0. The average Bonchev–Trinajstić information content (AvgIpc) is 3.05. The van der Waals surface area contributed by atoms with Gasteiger partial charge in [0.05, 0.1) is 11.9 Å². The molecule has 0 bridgehead atoms. The van der Waals surface area contributed by atoms with Crippen molar-refractivity contribution in [2.45, 2.75) is 12.7 Å². The van der Waals surface area contributed by atoms with Gasteiger partial charge in [-0.2, -0.15) is 18.3 Å². The number of halogens is 5. The molecule has 10 heteroatoms. The molecular weight excluding hydrogens is 385 g/mol. The fourth-order valence-electron chi connectivity index (χ4n) is 2.39. The summed E-state index contributed by atoms with van der Waals surface area (Å²) in [4.78, 5) is 11.9. The van der Waals surface area contributed by atoms with Crippen molar-refractivity contribution in [2.24, 2.45) is 0 Å². The predicted molar refractivity (Wildman–Crippen MR) is 87.8 cm³/mol. The number of benzene rings is 2. The van der Waals surface area contributed by atoms with Gasteiger partial charge in [-0.25, -0.2) is 18.3 Å². The molecule has 1 amide bonds. The van der Waals surface area contributed by atoms with E-state index in [1.165, 1.54) is 18.2 Å². The Hall–Kier alpha value is -3.43. The largest absolute Gasteiger partial charge is 0.437 e. The molecule has 0 saturated carbocycles. The Morgan fingerprint density at radius 3 is 2.39 bits per heavy atom. The van der Waals surface area contributed by atoms with Crippen LogP contribution in [0.4, 0.5) is 26.7 Å². The van der Waals surface area contributed by atoms with Gasteiger partial charge in [-0.1, -0.05) is 18.2 Å². The first-order chi connectivity index (χ1) is 13.3. The minimum atomic E-state index is -4.91. The Kier molecular flexibility index (Phi) is 5.30. The first-order valence-electron chi connectivity index (χ1n) is 7.86. The normalized spacial score (nSPS) is 11.3. The third-order valence-corrected chi connectivity index (χ3v) is 3.66. The molecule has 3 aromatic rings. The quantitative estimate of drug-likeness (QED) is 0.662. The zero-order valence-electron chi connectivity index (χ0n) is 14.0. The minimum absolute atomic E-state index is 0.0738. The van der Waals surface area contributed by atoms with Crippen molar-refractivity contribution < 1.29 is 31.5 Å². The van der Waals surface area contributed by atoms with Gasteiger partial charge in [0.25, 0.3) is 0 Å². The number of rotatable bonds is 4. The maximum atomic E-state index is 13.5. The predicted octanol–water partition coefficient (Wildman–Crippen LogP) is 4.46. The number of nitrogens with one attached hydrogen (secondary N) is 1. The highest BCUT2D eigenvalue weighted by Gasteiger charge is 2.40. The Balaban J connectivity index is 1.81. The molecule has 0 fully saturated rings. The summed E-state index contributed by atoms with van der Waals surface area (Å²) in [5.74, 6) is -2.06. The van der Waals surface area contributed by atoms with Crippen molar-refractivity contribution in [1.29, 1.82) is 0 Å². The van der Waals surface area contributed by atoms with Crippen molar-refractivity contribution in [1.82, 2.24) is 15.1 Å². The van der Waals surface area contributed by atoms with Crippen molar-refractivity contribution in [3.05, 3.63) is 77.6 Å². The topological polar surface area (TPSA) is 56.1 Å². The van der Waals surface area contributed by atoms with Crippen LogP contribution in [0.3, 0.4) is 0 Å². The highest BCUT2D eigenvalue weighted by Crippen LogP contribution is 2.37. The summed E-state index contributed by atoms with van der Waals surface area (Å²) in [5, 5.41) is 5.75. The second-order valence-electron chi connectivity index (χ2n) is 5.58. The number of carbonyl (C=O) groups is 1. The lowest BCUT2D eigenvalue weighted by molar-refractivity contribution is -0.143. The molecule has 0 unspecified atom stereocenters. The van der Waals surface area contributed by atoms with Crippen LogP contribution in [0.15, 0.2) is 54.7 Å². The van der Waals surface area contributed by atoms with E-state index in [0.29, 0.717) is 4.68 Å². The van der Waals surface area contributed by atoms with E-state index in [2.05, 4.69) is 10.4 Å². The van der Waals surface area contributed by atoms with E-state index < -0.39 is 35.3 Å². The van der Waals surface area contributed by atoms with Gasteiger partial charge in [-0.15, -0.1) is 0 Å². The summed E-state index contributed by atoms with van der Waals surface area (Å²) >= 11 is 0. The number of aromatic nitrogens is 2. The molecule has 0 atom stereocenters. The Morgan fingerprint density at radius 1 is 1.07 bits per heavy atom. The van der Waals surface area contributed by atoms with Gasteiger partial charge in [0.2, 0.25) is 0 Å². The number of alkyl halides is 3. The smallest absolute Gasteiger partial charge is 0.406 e. The van der Waals surface area contributed by atoms with Crippen LogP contribution in [0.1, 0.15) is 11.3 Å². The molecule has 146 valence electrons. The first kappa shape index (κ1) is 19.3. The monoisotopic (exact) mass is 397 g/mol. The standard InChI is InChI=1S/C18H12F5N3O2/c19-12-5-7-13(8-6-12)26-16(18(21,22)23)15(10-25-26)28-17(27)24-9-11-3-1-2-4-14(11)20/h1-8,10H,9H2,(H,24,27). The van der Waals surface area contributed by atoms with E-state index in [-0.39, 0.29) is 17.8 Å². The van der Waals surface area contributed by atoms with E-state index in [4.69, 9.17) is 4.74 Å². The van der Waals surface area contributed by atoms with E-state index in [1.807, 2.05) is 0 Å². The molecule has 0 radical (unpaired) electrons. The van der Waals surface area contributed by atoms with Crippen LogP contribution in [0.2, 0.25) is 0 Å². The van der Waals surface area contributed by atoms with Crippen LogP contribution in [0, 0.1) is 11.6 Å². The highest BCUT2D eigenvalue weighted by molar-refractivity contribution is 5.70. The molecule has 3 rings (SSSR count). The molecule has 0 aliphatic carbocycles. The summed E-state index contributed by atoms with van der Waals surface area (Å²) in [6.07, 6.45) is -5.41. The number of nitrogens with zero attached hydrogens (tertiary/aromatic N) is 2. The number of hydrogen-bond donors (Lipinski definition) is 1. The Morgan fingerprint density at radius 2 is 1.75 bits per heavy atom. The lowest BCUT2D eigenvalue weighted by Crippen LogP contribution is -2.27. The fraction of sp³-hybridized carbons (Fsp3) is 0.111. The maximum Gasteiger partial charge on any atom is 0.437 e. The van der Waals surface area contributed by atoms with Crippen molar-refractivity contribution >= 4 is 6.09 Å². The van der Waals surface area contributed by atoms with Gasteiger partial charge in [0, 0.05) is 12.1 Å². The lowest BCUT2D eigenvalue weighted by atomic mass is 10.2. The average molecular weight is 397 g/mol. The van der Waals surface area contributed by atoms with E-state index >= 15 is 0 Å². The zero-order valence-corrected chi connectivity index (χ0v) is 14.0. The molecule has 5 nitrogen and oxygen atoms in total. The van der Waals surface area contributed by atoms with Gasteiger partial charge >= 0.3 is 12.3 Å². The van der Waals surface area contributed by atoms with Gasteiger partial charge in [0.1, 0.15) is 11.6 Å². The highest BCUT2D eigenvalue weighted by atomic mass is 19.4. The van der Waals surface area contributed by atoms with Crippen molar-refractivity contribution in [3.8, 4) is 11.4 Å². The summed E-state index contributed by atoms with van der Waals surface area (Å²) in [5.41, 5.74) is -1.28. The molecule has 0 aliphatic heterocycles.